The van der Waals surface area contributed by atoms with Gasteiger partial charge in [-0.25, -0.2) is 26.8 Å². The lowest BCUT2D eigenvalue weighted by Crippen LogP contribution is -2.54. The van der Waals surface area contributed by atoms with Crippen LogP contribution < -0.4 is 19.3 Å². The summed E-state index contributed by atoms with van der Waals surface area (Å²) in [5.41, 5.74) is 4.91. The predicted octanol–water partition coefficient (Wildman–Crippen LogP) is 8.81. The van der Waals surface area contributed by atoms with Crippen LogP contribution in [-0.2, 0) is 35.8 Å². The molecule has 0 unspecified atom stereocenters. The highest BCUT2D eigenvalue weighted by molar-refractivity contribution is 7.90. The Hall–Kier alpha value is -5.35. The highest BCUT2D eigenvalue weighted by Gasteiger charge is 2.30. The molecule has 74 heavy (non-hydrogen) atoms. The van der Waals surface area contributed by atoms with Crippen LogP contribution in [0.1, 0.15) is 32.7 Å². The third-order valence-corrected chi connectivity index (χ3v) is 15.7. The first kappa shape index (κ1) is 59.5. The Morgan fingerprint density at radius 2 is 1.14 bits per heavy atom. The Morgan fingerprint density at radius 3 is 1.54 bits per heavy atom. The van der Waals surface area contributed by atoms with Gasteiger partial charge in [-0.15, -0.1) is 11.6 Å². The monoisotopic (exact) mass is 1150 g/mol. The summed E-state index contributed by atoms with van der Waals surface area (Å²) >= 11 is 30.4. The number of benzene rings is 2. The summed E-state index contributed by atoms with van der Waals surface area (Å²) < 4.78 is 58.7. The maximum atomic E-state index is 13.2. The zero-order chi connectivity index (χ0) is 53.5. The molecular weight excluding hydrogens is 1100 g/mol. The van der Waals surface area contributed by atoms with Crippen LogP contribution in [-0.4, -0.2) is 152 Å². The van der Waals surface area contributed by atoms with E-state index < -0.39 is 19.7 Å². The van der Waals surface area contributed by atoms with E-state index in [1.165, 1.54) is 16.8 Å². The number of anilines is 2. The summed E-state index contributed by atoms with van der Waals surface area (Å²) in [6, 6.07) is 20.8. The van der Waals surface area contributed by atoms with Gasteiger partial charge in [-0.3, -0.25) is 19.4 Å². The van der Waals surface area contributed by atoms with E-state index in [9.17, 15) is 26.4 Å². The molecule has 400 valence electrons. The summed E-state index contributed by atoms with van der Waals surface area (Å²) in [4.78, 5) is 41.3. The van der Waals surface area contributed by atoms with E-state index in [2.05, 4.69) is 35.1 Å². The van der Waals surface area contributed by atoms with Crippen molar-refractivity contribution in [2.75, 3.05) is 81.7 Å². The molecule has 18 nitrogen and oxygen atoms in total. The van der Waals surface area contributed by atoms with E-state index in [1.54, 1.807) is 58.4 Å². The normalized spacial score (nSPS) is 15.8. The number of carbonyl (C=O) groups is 2. The predicted molar refractivity (Wildman–Crippen MR) is 293 cm³/mol. The molecule has 0 aliphatic carbocycles. The summed E-state index contributed by atoms with van der Waals surface area (Å²) in [6.07, 6.45) is 2.20. The Bertz CT molecular complexity index is 3200. The molecule has 2 saturated heterocycles. The van der Waals surface area contributed by atoms with E-state index in [0.717, 1.165) is 37.0 Å². The van der Waals surface area contributed by atoms with Crippen molar-refractivity contribution in [2.45, 2.75) is 63.8 Å². The van der Waals surface area contributed by atoms with Crippen molar-refractivity contribution >= 4 is 101 Å². The van der Waals surface area contributed by atoms with Gasteiger partial charge in [0.15, 0.2) is 29.7 Å². The first-order valence-electron chi connectivity index (χ1n) is 22.6. The SMILES string of the molecule is C.COc1cc(N2CCN(C(=O)CCl)[C@@H](C)C2)ccc1Cl.COc1cc(N2CCN(C(=O)Cn3nc(-c4cccc(S(C)(=O)=O)n4)c(Cl)c3C)[C@@H](C)C2)ccc1Cl.Cc1[nH]nc(-c2cccc(S(C)(=O)=O)n2)c1Cl. The number of sulfone groups is 2. The molecule has 1 N–H and O–H groups in total. The van der Waals surface area contributed by atoms with E-state index >= 15 is 0 Å². The number of aromatic nitrogens is 6. The second-order valence-corrected chi connectivity index (χ2v) is 23.0. The molecule has 2 amide bonds. The largest absolute Gasteiger partial charge is 0.495 e. The Kier molecular flexibility index (Phi) is 20.5. The number of alkyl halides is 1. The quantitative estimate of drug-likeness (QED) is 0.120. The molecule has 0 bridgehead atoms. The molecule has 0 saturated carbocycles. The molecule has 0 radical (unpaired) electrons. The summed E-state index contributed by atoms with van der Waals surface area (Å²) in [5.74, 6) is 1.23. The minimum atomic E-state index is -3.49. The Labute approximate surface area is 457 Å². The van der Waals surface area contributed by atoms with Crippen LogP contribution in [0.4, 0.5) is 11.4 Å². The molecule has 2 aliphatic heterocycles. The topological polar surface area (TPSA) is 206 Å². The van der Waals surface area contributed by atoms with Gasteiger partial charge in [0, 0.05) is 87.4 Å². The zero-order valence-electron chi connectivity index (χ0n) is 41.2. The van der Waals surface area contributed by atoms with Crippen LogP contribution in [0, 0.1) is 13.8 Å². The molecule has 6 heterocycles. The minimum Gasteiger partial charge on any atom is -0.495 e. The number of hydrogen-bond donors (Lipinski definition) is 1. The summed E-state index contributed by atoms with van der Waals surface area (Å²) in [5, 5.41) is 13.1. The number of rotatable bonds is 11. The smallest absolute Gasteiger partial charge is 0.244 e. The van der Waals surface area contributed by atoms with Gasteiger partial charge in [0.25, 0.3) is 0 Å². The van der Waals surface area contributed by atoms with Crippen molar-refractivity contribution in [3.63, 3.8) is 0 Å². The minimum absolute atomic E-state index is 0. The number of pyridine rings is 2. The molecule has 6 aromatic rings. The number of halogens is 5. The second-order valence-electron chi connectivity index (χ2n) is 17.2. The highest BCUT2D eigenvalue weighted by Crippen LogP contribution is 2.33. The number of nitrogens with zero attached hydrogens (tertiary/aromatic N) is 9. The van der Waals surface area contributed by atoms with E-state index in [-0.39, 0.29) is 53.8 Å². The summed E-state index contributed by atoms with van der Waals surface area (Å²) in [6.45, 7) is 11.7. The van der Waals surface area contributed by atoms with Crippen LogP contribution in [0.3, 0.4) is 0 Å². The third kappa shape index (κ3) is 14.3. The highest BCUT2D eigenvalue weighted by atomic mass is 35.5. The molecular formula is C49H59Cl5N10O8S2. The molecule has 4 aromatic heterocycles. The van der Waals surface area contributed by atoms with Crippen LogP contribution in [0.15, 0.2) is 82.8 Å². The van der Waals surface area contributed by atoms with Crippen molar-refractivity contribution in [3.8, 4) is 34.3 Å². The number of nitrogens with one attached hydrogen (secondary N) is 1. The molecule has 2 aromatic carbocycles. The lowest BCUT2D eigenvalue weighted by molar-refractivity contribution is -0.134. The number of carbonyl (C=O) groups excluding carboxylic acids is 2. The van der Waals surface area contributed by atoms with Gasteiger partial charge < -0.3 is 29.1 Å². The number of ether oxygens (including phenoxy) is 2. The number of hydrogen-bond acceptors (Lipinski definition) is 14. The van der Waals surface area contributed by atoms with Crippen LogP contribution in [0.5, 0.6) is 11.5 Å². The van der Waals surface area contributed by atoms with E-state index in [4.69, 9.17) is 67.5 Å². The molecule has 25 heteroatoms. The number of aryl methyl sites for hydroxylation is 1. The molecule has 0 spiro atoms. The van der Waals surface area contributed by atoms with Crippen molar-refractivity contribution in [1.82, 2.24) is 39.7 Å². The Balaban J connectivity index is 0.000000225. The average molecular weight is 1160 g/mol. The molecule has 2 atom stereocenters. The maximum absolute atomic E-state index is 13.2. The van der Waals surface area contributed by atoms with Crippen molar-refractivity contribution < 1.29 is 35.9 Å². The second kappa shape index (κ2) is 25.5. The molecule has 2 aliphatic rings. The first-order chi connectivity index (χ1) is 34.4. The standard InChI is InChI=1S/C24H27Cl2N5O4S.C14H18Cl2N2O2.C10H10ClN3O2S.CH4/c1-15-13-29(17-8-9-18(25)20(12-17)35-3)10-11-30(15)22(32)14-31-16(2)23(26)24(28-31)19-6-5-7-21(27-19)36(4,33)34;1-10-9-17(5-6-18(10)14(19)8-15)11-3-4-12(16)13(7-11)20-2;1-6-9(11)10(14-13-6)7-4-3-5-8(12-7)17(2,15)16;/h5-9,12,15H,10-11,13-14H2,1-4H3;3-4,7,10H,5-6,8-9H2,1-2H3;3-5H,1-2H3,(H,13,14);1H4/t15-;10-;;/m00../s1. The van der Waals surface area contributed by atoms with Gasteiger partial charge in [0.05, 0.1) is 57.1 Å². The zero-order valence-corrected chi connectivity index (χ0v) is 46.6. The number of H-pyrrole nitrogens is 1. The molecule has 2 fully saturated rings. The van der Waals surface area contributed by atoms with Crippen molar-refractivity contribution in [3.05, 3.63) is 104 Å². The van der Waals surface area contributed by atoms with Crippen molar-refractivity contribution in [1.29, 1.82) is 0 Å². The Morgan fingerprint density at radius 1 is 0.676 bits per heavy atom. The maximum Gasteiger partial charge on any atom is 0.244 e. The van der Waals surface area contributed by atoms with Gasteiger partial charge in [-0.05, 0) is 76.2 Å². The molecule has 8 rings (SSSR count). The number of piperazine rings is 2. The number of amides is 2. The first-order valence-corrected chi connectivity index (χ1v) is 28.4. The van der Waals surface area contributed by atoms with E-state index in [1.807, 2.05) is 54.0 Å². The van der Waals surface area contributed by atoms with Crippen LogP contribution in [0.25, 0.3) is 22.8 Å². The lowest BCUT2D eigenvalue weighted by Gasteiger charge is -2.41. The van der Waals surface area contributed by atoms with Gasteiger partial charge in [-0.1, -0.05) is 66.0 Å². The average Bonchev–Trinajstić information content (AvgIpc) is 3.85. The van der Waals surface area contributed by atoms with Gasteiger partial charge in [-0.2, -0.15) is 10.2 Å². The van der Waals surface area contributed by atoms with E-state index in [0.29, 0.717) is 91.9 Å². The van der Waals surface area contributed by atoms with Crippen LogP contribution in [0.2, 0.25) is 20.1 Å². The fraction of sp³-hybridized carbons (Fsp3) is 0.388. The summed E-state index contributed by atoms with van der Waals surface area (Å²) in [7, 11) is -3.64. The number of aromatic amines is 1. The lowest BCUT2D eigenvalue weighted by atomic mass is 10.1. The van der Waals surface area contributed by atoms with Crippen molar-refractivity contribution in [2.24, 2.45) is 0 Å². The third-order valence-electron chi connectivity index (χ3n) is 12.0. The van der Waals surface area contributed by atoms with Gasteiger partial charge in [0.2, 0.25) is 11.8 Å². The number of methoxy groups -OCH3 is 2. The van der Waals surface area contributed by atoms with Gasteiger partial charge in [0.1, 0.15) is 35.3 Å². The fourth-order valence-corrected chi connectivity index (χ4v) is 10.2. The van der Waals surface area contributed by atoms with Gasteiger partial charge >= 0.3 is 0 Å². The van der Waals surface area contributed by atoms with Crippen LogP contribution >= 0.6 is 58.0 Å². The fourth-order valence-electron chi connectivity index (χ4n) is 8.04.